The predicted molar refractivity (Wildman–Crippen MR) is 84.6 cm³/mol. The van der Waals surface area contributed by atoms with E-state index >= 15 is 0 Å². The minimum absolute atomic E-state index is 0.635. The van der Waals surface area contributed by atoms with Crippen molar-refractivity contribution >= 4 is 34.9 Å². The Balaban J connectivity index is 2.21. The SMILES string of the molecule is CCOc1cccc(-n2c(=S)[nH]c3cc(Cl)ccc32)c1. The van der Waals surface area contributed by atoms with E-state index in [1.165, 1.54) is 0 Å². The van der Waals surface area contributed by atoms with Gasteiger partial charge in [-0.3, -0.25) is 4.57 Å². The molecular weight excluding hydrogens is 292 g/mol. The van der Waals surface area contributed by atoms with E-state index in [1.807, 2.05) is 54.0 Å². The van der Waals surface area contributed by atoms with E-state index in [2.05, 4.69) is 4.98 Å². The second kappa shape index (κ2) is 5.31. The highest BCUT2D eigenvalue weighted by Gasteiger charge is 2.07. The molecule has 0 radical (unpaired) electrons. The number of aromatic amines is 1. The zero-order valence-corrected chi connectivity index (χ0v) is 12.5. The summed E-state index contributed by atoms with van der Waals surface area (Å²) in [5.41, 5.74) is 2.88. The Morgan fingerprint density at radius 3 is 2.90 bits per heavy atom. The third kappa shape index (κ3) is 2.32. The number of aromatic nitrogens is 2. The van der Waals surface area contributed by atoms with Gasteiger partial charge in [0, 0.05) is 11.1 Å². The Morgan fingerprint density at radius 2 is 2.10 bits per heavy atom. The summed E-state index contributed by atoms with van der Waals surface area (Å²) in [6, 6.07) is 13.5. The molecule has 0 aliphatic heterocycles. The average Bonchev–Trinajstić information content (AvgIpc) is 2.74. The molecule has 0 saturated heterocycles. The summed E-state index contributed by atoms with van der Waals surface area (Å²) in [5, 5.41) is 0.684. The summed E-state index contributed by atoms with van der Waals surface area (Å²) in [6.45, 7) is 2.60. The lowest BCUT2D eigenvalue weighted by molar-refractivity contribution is 0.340. The van der Waals surface area contributed by atoms with Crippen molar-refractivity contribution in [1.82, 2.24) is 9.55 Å². The smallest absolute Gasteiger partial charge is 0.182 e. The maximum atomic E-state index is 6.01. The number of imidazole rings is 1. The fourth-order valence-electron chi connectivity index (χ4n) is 2.22. The molecule has 0 amide bonds. The van der Waals surface area contributed by atoms with Crippen LogP contribution in [0.4, 0.5) is 0 Å². The van der Waals surface area contributed by atoms with E-state index in [-0.39, 0.29) is 0 Å². The Hall–Kier alpha value is -1.78. The molecule has 0 aliphatic carbocycles. The molecule has 102 valence electrons. The first kappa shape index (κ1) is 13.2. The first-order chi connectivity index (χ1) is 9.69. The predicted octanol–water partition coefficient (Wildman–Crippen LogP) is 4.74. The molecule has 3 aromatic rings. The summed E-state index contributed by atoms with van der Waals surface area (Å²) in [5.74, 6) is 0.829. The van der Waals surface area contributed by atoms with E-state index in [0.29, 0.717) is 16.4 Å². The highest BCUT2D eigenvalue weighted by molar-refractivity contribution is 7.71. The number of H-pyrrole nitrogens is 1. The fourth-order valence-corrected chi connectivity index (χ4v) is 2.71. The van der Waals surface area contributed by atoms with Crippen LogP contribution in [-0.2, 0) is 0 Å². The standard InChI is InChI=1S/C15H13ClN2OS/c1-2-19-12-5-3-4-11(9-12)18-14-7-6-10(16)8-13(14)17-15(18)20/h3-9H,2H2,1H3,(H,17,20). The first-order valence-electron chi connectivity index (χ1n) is 6.32. The lowest BCUT2D eigenvalue weighted by atomic mass is 10.2. The molecule has 1 heterocycles. The fraction of sp³-hybridized carbons (Fsp3) is 0.133. The highest BCUT2D eigenvalue weighted by atomic mass is 35.5. The van der Waals surface area contributed by atoms with E-state index in [1.54, 1.807) is 0 Å². The summed E-state index contributed by atoms with van der Waals surface area (Å²) in [4.78, 5) is 3.17. The topological polar surface area (TPSA) is 29.9 Å². The molecule has 1 aromatic heterocycles. The number of fused-ring (bicyclic) bond motifs is 1. The van der Waals surface area contributed by atoms with Crippen LogP contribution in [0.5, 0.6) is 5.75 Å². The molecule has 0 spiro atoms. The Kier molecular flexibility index (Phi) is 3.51. The lowest BCUT2D eigenvalue weighted by Gasteiger charge is -2.08. The molecule has 2 aromatic carbocycles. The van der Waals surface area contributed by atoms with Gasteiger partial charge in [-0.25, -0.2) is 0 Å². The number of rotatable bonds is 3. The number of nitrogens with one attached hydrogen (secondary N) is 1. The van der Waals surface area contributed by atoms with Crippen molar-refractivity contribution in [2.24, 2.45) is 0 Å². The number of hydrogen-bond acceptors (Lipinski definition) is 2. The second-order valence-electron chi connectivity index (χ2n) is 4.36. The Bertz CT molecular complexity index is 822. The van der Waals surface area contributed by atoms with Crippen molar-refractivity contribution in [1.29, 1.82) is 0 Å². The van der Waals surface area contributed by atoms with Crippen molar-refractivity contribution in [3.63, 3.8) is 0 Å². The number of halogens is 1. The molecule has 0 unspecified atom stereocenters. The number of hydrogen-bond donors (Lipinski definition) is 1. The van der Waals surface area contributed by atoms with Crippen LogP contribution in [0.2, 0.25) is 5.02 Å². The van der Waals surface area contributed by atoms with Gasteiger partial charge >= 0.3 is 0 Å². The Labute approximate surface area is 126 Å². The maximum absolute atomic E-state index is 6.01. The first-order valence-corrected chi connectivity index (χ1v) is 7.11. The molecular formula is C15H13ClN2OS. The number of ether oxygens (including phenoxy) is 1. The van der Waals surface area contributed by atoms with E-state index in [0.717, 1.165) is 22.5 Å². The van der Waals surface area contributed by atoms with Crippen LogP contribution in [0.3, 0.4) is 0 Å². The van der Waals surface area contributed by atoms with E-state index in [9.17, 15) is 0 Å². The molecule has 0 saturated carbocycles. The molecule has 0 bridgehead atoms. The van der Waals surface area contributed by atoms with Crippen molar-refractivity contribution in [3.05, 3.63) is 52.3 Å². The molecule has 5 heteroatoms. The molecule has 20 heavy (non-hydrogen) atoms. The van der Waals surface area contributed by atoms with Gasteiger partial charge in [0.15, 0.2) is 4.77 Å². The highest BCUT2D eigenvalue weighted by Crippen LogP contribution is 2.24. The van der Waals surface area contributed by atoms with Gasteiger partial charge < -0.3 is 9.72 Å². The van der Waals surface area contributed by atoms with Crippen LogP contribution in [0.1, 0.15) is 6.92 Å². The van der Waals surface area contributed by atoms with Crippen molar-refractivity contribution in [2.45, 2.75) is 6.92 Å². The van der Waals surface area contributed by atoms with Crippen LogP contribution in [0.25, 0.3) is 16.7 Å². The van der Waals surface area contributed by atoms with Crippen LogP contribution in [0.15, 0.2) is 42.5 Å². The van der Waals surface area contributed by atoms with Crippen LogP contribution in [0, 0.1) is 4.77 Å². The van der Waals surface area contributed by atoms with Crippen molar-refractivity contribution in [2.75, 3.05) is 6.61 Å². The van der Waals surface area contributed by atoms with E-state index < -0.39 is 0 Å². The van der Waals surface area contributed by atoms with Gasteiger partial charge in [0.25, 0.3) is 0 Å². The van der Waals surface area contributed by atoms with Crippen LogP contribution >= 0.6 is 23.8 Å². The molecule has 1 N–H and O–H groups in total. The summed E-state index contributed by atoms with van der Waals surface area (Å²) >= 11 is 11.4. The normalized spacial score (nSPS) is 10.9. The minimum atomic E-state index is 0.635. The average molecular weight is 305 g/mol. The zero-order valence-electron chi connectivity index (χ0n) is 10.9. The van der Waals surface area contributed by atoms with Gasteiger partial charge in [-0.05, 0) is 49.5 Å². The van der Waals surface area contributed by atoms with Crippen LogP contribution < -0.4 is 4.74 Å². The largest absolute Gasteiger partial charge is 0.494 e. The summed E-state index contributed by atoms with van der Waals surface area (Å²) < 4.78 is 8.15. The van der Waals surface area contributed by atoms with Gasteiger partial charge in [-0.1, -0.05) is 17.7 Å². The molecule has 3 nitrogen and oxygen atoms in total. The van der Waals surface area contributed by atoms with Gasteiger partial charge in [-0.2, -0.15) is 0 Å². The van der Waals surface area contributed by atoms with E-state index in [4.69, 9.17) is 28.6 Å². The quantitative estimate of drug-likeness (QED) is 0.708. The third-order valence-electron chi connectivity index (χ3n) is 3.03. The van der Waals surface area contributed by atoms with Gasteiger partial charge in [0.2, 0.25) is 0 Å². The van der Waals surface area contributed by atoms with Gasteiger partial charge in [-0.15, -0.1) is 0 Å². The van der Waals surface area contributed by atoms with Gasteiger partial charge in [0.1, 0.15) is 5.75 Å². The number of nitrogens with zero attached hydrogens (tertiary/aromatic N) is 1. The summed E-state index contributed by atoms with van der Waals surface area (Å²) in [6.07, 6.45) is 0. The second-order valence-corrected chi connectivity index (χ2v) is 5.18. The van der Waals surface area contributed by atoms with Gasteiger partial charge in [0.05, 0.1) is 23.3 Å². The lowest BCUT2D eigenvalue weighted by Crippen LogP contribution is -1.96. The number of benzene rings is 2. The molecule has 3 rings (SSSR count). The molecule has 0 atom stereocenters. The Morgan fingerprint density at radius 1 is 1.25 bits per heavy atom. The molecule has 0 aliphatic rings. The zero-order chi connectivity index (χ0) is 14.1. The summed E-state index contributed by atoms with van der Waals surface area (Å²) in [7, 11) is 0. The van der Waals surface area contributed by atoms with Crippen molar-refractivity contribution in [3.8, 4) is 11.4 Å². The molecule has 0 fully saturated rings. The van der Waals surface area contributed by atoms with Crippen LogP contribution in [-0.4, -0.2) is 16.2 Å². The minimum Gasteiger partial charge on any atom is -0.494 e. The monoisotopic (exact) mass is 304 g/mol. The maximum Gasteiger partial charge on any atom is 0.182 e. The van der Waals surface area contributed by atoms with Crippen molar-refractivity contribution < 1.29 is 4.74 Å². The third-order valence-corrected chi connectivity index (χ3v) is 3.55.